The molecule has 0 atom stereocenters. The Kier molecular flexibility index (Phi) is 3.94. The Morgan fingerprint density at radius 3 is 2.72 bits per heavy atom. The van der Waals surface area contributed by atoms with Gasteiger partial charge in [-0.25, -0.2) is 4.98 Å². The van der Waals surface area contributed by atoms with Crippen LogP contribution in [0.2, 0.25) is 0 Å². The lowest BCUT2D eigenvalue weighted by atomic mass is 10.1. The molecule has 1 amide bonds. The van der Waals surface area contributed by atoms with Crippen molar-refractivity contribution in [3.05, 3.63) is 52.6 Å². The minimum atomic E-state index is -0.136. The van der Waals surface area contributed by atoms with E-state index in [1.54, 1.807) is 18.3 Å². The van der Waals surface area contributed by atoms with Crippen molar-refractivity contribution < 1.29 is 4.79 Å². The van der Waals surface area contributed by atoms with Crippen molar-refractivity contribution in [2.24, 2.45) is 0 Å². The predicted octanol–water partition coefficient (Wildman–Crippen LogP) is 2.61. The van der Waals surface area contributed by atoms with Gasteiger partial charge >= 0.3 is 0 Å². The van der Waals surface area contributed by atoms with E-state index in [1.165, 1.54) is 0 Å². The van der Waals surface area contributed by atoms with Crippen LogP contribution in [0.4, 0.5) is 11.5 Å². The summed E-state index contributed by atoms with van der Waals surface area (Å²) < 4.78 is 0.868. The third-order valence-electron chi connectivity index (χ3n) is 2.40. The van der Waals surface area contributed by atoms with Crippen LogP contribution in [0.1, 0.15) is 5.56 Å². The van der Waals surface area contributed by atoms with Gasteiger partial charge in [-0.15, -0.1) is 0 Å². The highest BCUT2D eigenvalue weighted by molar-refractivity contribution is 9.10. The second-order valence-corrected chi connectivity index (χ2v) is 4.70. The Bertz CT molecular complexity index is 554. The molecule has 0 aliphatic heterocycles. The summed E-state index contributed by atoms with van der Waals surface area (Å²) in [6.45, 7) is 0. The minimum Gasteiger partial charge on any atom is -0.398 e. The molecule has 0 unspecified atom stereocenters. The average molecular weight is 306 g/mol. The maximum atomic E-state index is 11.8. The number of pyridine rings is 1. The summed E-state index contributed by atoms with van der Waals surface area (Å²) in [5, 5.41) is 2.72. The maximum absolute atomic E-state index is 11.8. The summed E-state index contributed by atoms with van der Waals surface area (Å²) in [6.07, 6.45) is 1.87. The zero-order chi connectivity index (χ0) is 13.0. The molecular weight excluding hydrogens is 294 g/mol. The largest absolute Gasteiger partial charge is 0.398 e. The number of nitrogens with two attached hydrogens (primary N) is 1. The van der Waals surface area contributed by atoms with E-state index in [9.17, 15) is 4.79 Å². The first-order valence-electron chi connectivity index (χ1n) is 5.40. The number of hydrogen-bond acceptors (Lipinski definition) is 3. The lowest BCUT2D eigenvalue weighted by Crippen LogP contribution is -2.16. The molecule has 0 saturated heterocycles. The number of nitrogens with zero attached hydrogens (tertiary/aromatic N) is 1. The number of nitrogen functional groups attached to an aromatic ring is 1. The lowest BCUT2D eigenvalue weighted by molar-refractivity contribution is -0.115. The fourth-order valence-corrected chi connectivity index (χ4v) is 1.74. The molecule has 1 aromatic carbocycles. The molecule has 3 N–H and O–H groups in total. The van der Waals surface area contributed by atoms with E-state index in [0.717, 1.165) is 10.0 Å². The molecule has 2 rings (SSSR count). The molecule has 0 saturated carbocycles. The highest BCUT2D eigenvalue weighted by Crippen LogP contribution is 2.13. The van der Waals surface area contributed by atoms with Gasteiger partial charge in [-0.05, 0) is 39.7 Å². The van der Waals surface area contributed by atoms with Crippen LogP contribution < -0.4 is 11.1 Å². The fraction of sp³-hybridized carbons (Fsp3) is 0.0769. The van der Waals surface area contributed by atoms with Gasteiger partial charge in [0.15, 0.2) is 0 Å². The summed E-state index contributed by atoms with van der Waals surface area (Å²) in [4.78, 5) is 15.9. The number of carbonyl (C=O) groups is 1. The Morgan fingerprint density at radius 2 is 2.06 bits per heavy atom. The van der Waals surface area contributed by atoms with Gasteiger partial charge < -0.3 is 11.1 Å². The van der Waals surface area contributed by atoms with Gasteiger partial charge in [0.05, 0.1) is 6.42 Å². The van der Waals surface area contributed by atoms with Crippen molar-refractivity contribution in [1.29, 1.82) is 0 Å². The number of nitrogens with one attached hydrogen (secondary N) is 1. The molecule has 1 heterocycles. The van der Waals surface area contributed by atoms with E-state index in [1.807, 2.05) is 24.3 Å². The van der Waals surface area contributed by atoms with Gasteiger partial charge in [0.1, 0.15) is 5.82 Å². The van der Waals surface area contributed by atoms with Crippen LogP contribution in [0, 0.1) is 0 Å². The molecule has 18 heavy (non-hydrogen) atoms. The second kappa shape index (κ2) is 5.64. The number of carbonyl (C=O) groups excluding carboxylic acids is 1. The molecule has 4 nitrogen and oxygen atoms in total. The van der Waals surface area contributed by atoms with E-state index in [4.69, 9.17) is 5.73 Å². The normalized spacial score (nSPS) is 10.1. The summed E-state index contributed by atoms with van der Waals surface area (Å²) >= 11 is 3.28. The number of anilines is 2. The fourth-order valence-electron chi connectivity index (χ4n) is 1.50. The predicted molar refractivity (Wildman–Crippen MR) is 75.1 cm³/mol. The van der Waals surface area contributed by atoms with Crippen LogP contribution in [0.15, 0.2) is 47.1 Å². The highest BCUT2D eigenvalue weighted by Gasteiger charge is 2.06. The van der Waals surface area contributed by atoms with Gasteiger partial charge in [-0.2, -0.15) is 0 Å². The first-order chi connectivity index (χ1) is 8.65. The SMILES string of the molecule is Nc1ccccc1CC(=O)Nc1ccc(Br)cn1. The Labute approximate surface area is 113 Å². The van der Waals surface area contributed by atoms with Gasteiger partial charge in [0.2, 0.25) is 5.91 Å². The Hall–Kier alpha value is -1.88. The van der Waals surface area contributed by atoms with Crippen molar-refractivity contribution in [3.8, 4) is 0 Å². The van der Waals surface area contributed by atoms with Crippen LogP contribution in [-0.2, 0) is 11.2 Å². The zero-order valence-electron chi connectivity index (χ0n) is 9.56. The Balaban J connectivity index is 2.01. The van der Waals surface area contributed by atoms with Crippen LogP contribution in [0.5, 0.6) is 0 Å². The molecule has 92 valence electrons. The topological polar surface area (TPSA) is 68.0 Å². The summed E-state index contributed by atoms with van der Waals surface area (Å²) in [5.74, 6) is 0.389. The van der Waals surface area contributed by atoms with Crippen LogP contribution in [0.3, 0.4) is 0 Å². The van der Waals surface area contributed by atoms with E-state index in [2.05, 4.69) is 26.2 Å². The lowest BCUT2D eigenvalue weighted by Gasteiger charge is -2.06. The third kappa shape index (κ3) is 3.30. The van der Waals surface area contributed by atoms with Gasteiger partial charge in [-0.1, -0.05) is 18.2 Å². The van der Waals surface area contributed by atoms with Crippen LogP contribution >= 0.6 is 15.9 Å². The van der Waals surface area contributed by atoms with Crippen molar-refractivity contribution in [2.75, 3.05) is 11.1 Å². The minimum absolute atomic E-state index is 0.136. The zero-order valence-corrected chi connectivity index (χ0v) is 11.1. The summed E-state index contributed by atoms with van der Waals surface area (Å²) in [7, 11) is 0. The quantitative estimate of drug-likeness (QED) is 0.857. The molecule has 0 radical (unpaired) electrons. The van der Waals surface area contributed by atoms with Crippen molar-refractivity contribution in [1.82, 2.24) is 4.98 Å². The number of halogens is 1. The molecule has 1 aromatic heterocycles. The molecule has 0 aliphatic carbocycles. The number of aromatic nitrogens is 1. The van der Waals surface area contributed by atoms with E-state index >= 15 is 0 Å². The maximum Gasteiger partial charge on any atom is 0.230 e. The molecule has 0 spiro atoms. The number of benzene rings is 1. The van der Waals surface area contributed by atoms with Crippen molar-refractivity contribution >= 4 is 33.3 Å². The average Bonchev–Trinajstić information content (AvgIpc) is 2.35. The number of para-hydroxylation sites is 1. The van der Waals surface area contributed by atoms with E-state index in [-0.39, 0.29) is 12.3 Å². The summed E-state index contributed by atoms with van der Waals surface area (Å²) in [6, 6.07) is 10.9. The van der Waals surface area contributed by atoms with Crippen LogP contribution in [-0.4, -0.2) is 10.9 Å². The van der Waals surface area contributed by atoms with E-state index in [0.29, 0.717) is 11.5 Å². The molecule has 2 aromatic rings. The first kappa shape index (κ1) is 12.6. The third-order valence-corrected chi connectivity index (χ3v) is 2.87. The molecule has 0 fully saturated rings. The molecule has 0 aliphatic rings. The number of hydrogen-bond donors (Lipinski definition) is 2. The van der Waals surface area contributed by atoms with Crippen LogP contribution in [0.25, 0.3) is 0 Å². The second-order valence-electron chi connectivity index (χ2n) is 3.79. The first-order valence-corrected chi connectivity index (χ1v) is 6.19. The molecule has 5 heteroatoms. The monoisotopic (exact) mass is 305 g/mol. The van der Waals surface area contributed by atoms with Gasteiger partial charge in [0.25, 0.3) is 0 Å². The smallest absolute Gasteiger partial charge is 0.230 e. The number of rotatable bonds is 3. The molecule has 0 bridgehead atoms. The standard InChI is InChI=1S/C13H12BrN3O/c14-10-5-6-12(16-8-10)17-13(18)7-9-3-1-2-4-11(9)15/h1-6,8H,7,15H2,(H,16,17,18). The van der Waals surface area contributed by atoms with Gasteiger partial charge in [-0.3, -0.25) is 4.79 Å². The van der Waals surface area contributed by atoms with Crippen molar-refractivity contribution in [2.45, 2.75) is 6.42 Å². The van der Waals surface area contributed by atoms with Gasteiger partial charge in [0, 0.05) is 16.4 Å². The molecular formula is C13H12BrN3O. The summed E-state index contributed by atoms with van der Waals surface area (Å²) in [5.41, 5.74) is 7.21. The Morgan fingerprint density at radius 1 is 1.28 bits per heavy atom. The highest BCUT2D eigenvalue weighted by atomic mass is 79.9. The number of amides is 1. The van der Waals surface area contributed by atoms with E-state index < -0.39 is 0 Å². The van der Waals surface area contributed by atoms with Crippen molar-refractivity contribution in [3.63, 3.8) is 0 Å².